The molecule has 0 radical (unpaired) electrons. The van der Waals surface area contributed by atoms with E-state index in [-0.39, 0.29) is 18.9 Å². The van der Waals surface area contributed by atoms with Gasteiger partial charge in [-0.1, -0.05) is 353 Å². The van der Waals surface area contributed by atoms with Gasteiger partial charge in [-0.2, -0.15) is 0 Å². The summed E-state index contributed by atoms with van der Waals surface area (Å²) in [6.45, 7) is 1.81. The zero-order valence-electron chi connectivity index (χ0n) is 63.5. The Hall–Kier alpha value is -1.47. The number of hydrogen-bond acceptors (Lipinski definition) is 18. The minimum absolute atomic E-state index is 0.250. The summed E-state index contributed by atoms with van der Waals surface area (Å²) >= 11 is 0. The minimum Gasteiger partial charge on any atom is -0.394 e. The molecule has 0 bridgehead atoms. The smallest absolute Gasteiger partial charge is 0.220 e. The summed E-state index contributed by atoms with van der Waals surface area (Å²) in [6, 6.07) is -0.970. The Kier molecular flexibility index (Phi) is 58.0. The van der Waals surface area contributed by atoms with Crippen molar-refractivity contribution >= 4 is 5.91 Å². The van der Waals surface area contributed by atoms with Crippen LogP contribution in [0.4, 0.5) is 0 Å². The Morgan fingerprint density at radius 1 is 0.350 bits per heavy atom. The fraction of sp³-hybridized carbons (Fsp3) is 0.963. The van der Waals surface area contributed by atoms with Crippen LogP contribution < -0.4 is 5.32 Å². The topological polar surface area (TPSA) is 307 Å². The molecule has 1 amide bonds. The van der Waals surface area contributed by atoms with Crippen LogP contribution in [0.15, 0.2) is 12.2 Å². The van der Waals surface area contributed by atoms with Gasteiger partial charge < -0.3 is 89.9 Å². The number of carbonyl (C=O) groups excluding carboxylic acids is 1. The van der Waals surface area contributed by atoms with Crippen molar-refractivity contribution in [1.82, 2.24) is 5.32 Å². The van der Waals surface area contributed by atoms with E-state index in [0.29, 0.717) is 6.42 Å². The summed E-state index contributed by atoms with van der Waals surface area (Å²) in [4.78, 5) is 13.5. The molecule has 3 heterocycles. The van der Waals surface area contributed by atoms with E-state index in [2.05, 4.69) is 19.2 Å². The quantitative estimate of drug-likeness (QED) is 0.0199. The highest BCUT2D eigenvalue weighted by molar-refractivity contribution is 5.76. The molecule has 0 aromatic rings. The van der Waals surface area contributed by atoms with Gasteiger partial charge in [0.1, 0.15) is 73.2 Å². The maximum Gasteiger partial charge on any atom is 0.220 e. The molecule has 12 N–H and O–H groups in total. The van der Waals surface area contributed by atoms with Gasteiger partial charge in [-0.3, -0.25) is 4.79 Å². The number of aliphatic hydroxyl groups is 11. The average molecular weight is 1430 g/mol. The second kappa shape index (κ2) is 62.6. The van der Waals surface area contributed by atoms with Crippen LogP contribution in [0, 0.1) is 0 Å². The predicted molar refractivity (Wildman–Crippen MR) is 397 cm³/mol. The van der Waals surface area contributed by atoms with E-state index >= 15 is 0 Å². The number of unbranched alkanes of at least 4 members (excludes halogenated alkanes) is 52. The molecule has 592 valence electrons. The Labute approximate surface area is 607 Å². The Morgan fingerprint density at radius 3 is 0.940 bits per heavy atom. The first kappa shape index (κ1) is 92.7. The first-order valence-corrected chi connectivity index (χ1v) is 41.9. The highest BCUT2D eigenvalue weighted by Crippen LogP contribution is 2.33. The van der Waals surface area contributed by atoms with Crippen molar-refractivity contribution in [2.45, 2.75) is 471 Å². The predicted octanol–water partition coefficient (Wildman–Crippen LogP) is 14.3. The Balaban J connectivity index is 1.35. The second-order valence-electron chi connectivity index (χ2n) is 30.3. The van der Waals surface area contributed by atoms with E-state index < -0.39 is 124 Å². The molecule has 0 aromatic heterocycles. The number of nitrogens with one attached hydrogen (secondary N) is 1. The van der Waals surface area contributed by atoms with Crippen LogP contribution >= 0.6 is 0 Å². The van der Waals surface area contributed by atoms with Crippen molar-refractivity contribution in [3.05, 3.63) is 12.2 Å². The first-order chi connectivity index (χ1) is 48.8. The molecule has 19 nitrogen and oxygen atoms in total. The van der Waals surface area contributed by atoms with E-state index in [9.17, 15) is 61.0 Å². The highest BCUT2D eigenvalue weighted by Gasteiger charge is 2.54. The summed E-state index contributed by atoms with van der Waals surface area (Å²) in [7, 11) is 0. The number of allylic oxidation sites excluding steroid dienone is 1. The molecule has 3 rings (SSSR count). The number of amides is 1. The first-order valence-electron chi connectivity index (χ1n) is 41.9. The van der Waals surface area contributed by atoms with Crippen LogP contribution in [0.5, 0.6) is 0 Å². The monoisotopic (exact) mass is 1430 g/mol. The van der Waals surface area contributed by atoms with Gasteiger partial charge in [-0.15, -0.1) is 0 Å². The van der Waals surface area contributed by atoms with E-state index in [1.54, 1.807) is 6.08 Å². The van der Waals surface area contributed by atoms with Crippen LogP contribution in [-0.2, 0) is 33.2 Å². The molecule has 0 saturated carbocycles. The van der Waals surface area contributed by atoms with Crippen LogP contribution in [0.2, 0.25) is 0 Å². The van der Waals surface area contributed by atoms with Crippen molar-refractivity contribution in [1.29, 1.82) is 0 Å². The second-order valence-corrected chi connectivity index (χ2v) is 30.3. The third-order valence-corrected chi connectivity index (χ3v) is 21.3. The van der Waals surface area contributed by atoms with E-state index in [1.807, 2.05) is 6.08 Å². The molecule has 3 aliphatic heterocycles. The molecule has 0 aromatic carbocycles. The largest absolute Gasteiger partial charge is 0.394 e. The maximum absolute atomic E-state index is 13.5. The summed E-state index contributed by atoms with van der Waals surface area (Å²) in [5, 5.41) is 121. The SMILES string of the molecule is CCCCCCCCCCCCCCCCCCCCCCC/C=C/C(O)C(COC1OC(CO)C(OC2OC(CO)C(OC3OC(CO)C(O)C(O)C3O)C(O)C2O)C(O)C1O)NC(=O)CCCCCCCCCCCCCCCCCCCCCCCCCCCCCCCCCC. The van der Waals surface area contributed by atoms with Crippen molar-refractivity contribution in [2.24, 2.45) is 0 Å². The minimum atomic E-state index is -1.98. The zero-order chi connectivity index (χ0) is 72.5. The van der Waals surface area contributed by atoms with Gasteiger partial charge >= 0.3 is 0 Å². The number of ether oxygens (including phenoxy) is 6. The van der Waals surface area contributed by atoms with Gasteiger partial charge in [-0.05, 0) is 19.3 Å². The van der Waals surface area contributed by atoms with Crippen molar-refractivity contribution < 1.29 is 89.4 Å². The van der Waals surface area contributed by atoms with Gasteiger partial charge in [0.2, 0.25) is 5.91 Å². The lowest BCUT2D eigenvalue weighted by molar-refractivity contribution is -0.379. The van der Waals surface area contributed by atoms with Gasteiger partial charge in [0.25, 0.3) is 0 Å². The third kappa shape index (κ3) is 42.2. The number of rotatable bonds is 68. The molecular weight excluding hydrogens is 1270 g/mol. The lowest BCUT2D eigenvalue weighted by atomic mass is 9.96. The maximum atomic E-state index is 13.5. The molecule has 17 atom stereocenters. The fourth-order valence-corrected chi connectivity index (χ4v) is 14.6. The number of carbonyl (C=O) groups is 1. The van der Waals surface area contributed by atoms with Crippen molar-refractivity contribution in [3.8, 4) is 0 Å². The molecule has 19 heteroatoms. The van der Waals surface area contributed by atoms with Gasteiger partial charge in [0.15, 0.2) is 18.9 Å². The molecule has 3 aliphatic rings. The number of hydrogen-bond donors (Lipinski definition) is 12. The van der Waals surface area contributed by atoms with E-state index in [0.717, 1.165) is 44.9 Å². The summed E-state index contributed by atoms with van der Waals surface area (Å²) in [6.07, 6.45) is 47.8. The third-order valence-electron chi connectivity index (χ3n) is 21.3. The molecule has 3 fully saturated rings. The molecule has 0 aliphatic carbocycles. The van der Waals surface area contributed by atoms with Crippen molar-refractivity contribution in [3.63, 3.8) is 0 Å². The van der Waals surface area contributed by atoms with Crippen molar-refractivity contribution in [2.75, 3.05) is 26.4 Å². The molecule has 17 unspecified atom stereocenters. The van der Waals surface area contributed by atoms with E-state index in [4.69, 9.17) is 28.4 Å². The lowest BCUT2D eigenvalue weighted by Crippen LogP contribution is -2.66. The fourth-order valence-electron chi connectivity index (χ4n) is 14.6. The van der Waals surface area contributed by atoms with Crippen LogP contribution in [0.3, 0.4) is 0 Å². The van der Waals surface area contributed by atoms with Crippen LogP contribution in [-0.4, -0.2) is 193 Å². The Bertz CT molecular complexity index is 1850. The number of aliphatic hydroxyl groups excluding tert-OH is 11. The molecular formula is C81H155NO18. The lowest BCUT2D eigenvalue weighted by Gasteiger charge is -2.48. The highest BCUT2D eigenvalue weighted by atomic mass is 16.8. The molecule has 100 heavy (non-hydrogen) atoms. The normalized spacial score (nSPS) is 26.4. The van der Waals surface area contributed by atoms with Gasteiger partial charge in [0, 0.05) is 6.42 Å². The van der Waals surface area contributed by atoms with Crippen LogP contribution in [0.1, 0.15) is 367 Å². The summed E-state index contributed by atoms with van der Waals surface area (Å²) in [5.74, 6) is -0.266. The summed E-state index contributed by atoms with van der Waals surface area (Å²) < 4.78 is 34.5. The van der Waals surface area contributed by atoms with E-state index in [1.165, 1.54) is 295 Å². The summed E-state index contributed by atoms with van der Waals surface area (Å²) in [5.41, 5.74) is 0. The standard InChI is InChI=1S/C81H155NO18/c1-3-5-7-9-11-13-15-17-19-21-23-25-27-28-29-30-31-32-33-34-35-37-39-41-43-45-47-49-51-53-55-57-59-69(87)82-64(65(86)58-56-54-52-50-48-46-44-42-40-38-36-26-24-22-20-18-16-14-12-10-8-6-4-2)63-95-79-75(93)72(90)77(67(61-84)97-79)100-81-76(94)73(91)78(68(62-85)98-81)99-80-74(92)71(89)70(88)66(60-83)96-80/h56,58,64-68,70-81,83-86,88-94H,3-55,57,59-63H2,1-2H3,(H,82,87)/b58-56+. The van der Waals surface area contributed by atoms with Gasteiger partial charge in [0.05, 0.1) is 38.6 Å². The van der Waals surface area contributed by atoms with Gasteiger partial charge in [-0.25, -0.2) is 0 Å². The zero-order valence-corrected chi connectivity index (χ0v) is 63.5. The Morgan fingerprint density at radius 2 is 0.620 bits per heavy atom. The molecule has 0 spiro atoms. The molecule has 3 saturated heterocycles. The van der Waals surface area contributed by atoms with Crippen LogP contribution in [0.25, 0.3) is 0 Å². The average Bonchev–Trinajstić information content (AvgIpc) is 0.783.